The van der Waals surface area contributed by atoms with Gasteiger partial charge < -0.3 is 24.4 Å². The van der Waals surface area contributed by atoms with Gasteiger partial charge in [0.05, 0.1) is 15.7 Å². The number of rotatable bonds is 7. The summed E-state index contributed by atoms with van der Waals surface area (Å²) in [6.07, 6.45) is 2.90. The quantitative estimate of drug-likeness (QED) is 0.264. The average Bonchev–Trinajstić information content (AvgIpc) is 3.02. The predicted molar refractivity (Wildman–Crippen MR) is 176 cm³/mol. The number of carbonyl (C=O) groups excluding carboxylic acids is 2. The topological polar surface area (TPSA) is 77.1 Å². The smallest absolute Gasteiger partial charge is 0.323 e. The fourth-order valence-corrected chi connectivity index (χ4v) is 7.08. The number of nitrogens with one attached hydrogen (secondary N) is 1. The first-order valence-electron chi connectivity index (χ1n) is 15.8. The Bertz CT molecular complexity index is 1580. The third-order valence-electron chi connectivity index (χ3n) is 9.49. The van der Waals surface area contributed by atoms with Gasteiger partial charge in [0.25, 0.3) is 5.91 Å². The molecule has 1 N–H and O–H groups in total. The number of ether oxygens (including phenoxy) is 3. The van der Waals surface area contributed by atoms with E-state index in [0.29, 0.717) is 64.6 Å². The molecule has 6 rings (SSSR count). The molecule has 0 spiro atoms. The van der Waals surface area contributed by atoms with E-state index < -0.39 is 12.1 Å². The molecule has 1 amide bonds. The van der Waals surface area contributed by atoms with Gasteiger partial charge in [0.15, 0.2) is 0 Å². The van der Waals surface area contributed by atoms with E-state index in [0.717, 1.165) is 35.1 Å². The molecule has 1 saturated carbocycles. The Morgan fingerprint density at radius 2 is 1.82 bits per heavy atom. The van der Waals surface area contributed by atoms with Crippen molar-refractivity contribution in [3.05, 3.63) is 86.9 Å². The van der Waals surface area contributed by atoms with Crippen LogP contribution in [0.4, 0.5) is 5.69 Å². The highest BCUT2D eigenvalue weighted by Gasteiger charge is 2.38. The first-order chi connectivity index (χ1) is 21.6. The van der Waals surface area contributed by atoms with Crippen molar-refractivity contribution in [1.82, 2.24) is 5.32 Å². The summed E-state index contributed by atoms with van der Waals surface area (Å²) in [5.74, 6) is 2.39. The summed E-state index contributed by atoms with van der Waals surface area (Å²) in [6.45, 7) is 7.53. The van der Waals surface area contributed by atoms with Crippen molar-refractivity contribution in [3.63, 3.8) is 0 Å². The van der Waals surface area contributed by atoms with Gasteiger partial charge >= 0.3 is 5.97 Å². The Morgan fingerprint density at radius 3 is 2.56 bits per heavy atom. The van der Waals surface area contributed by atoms with Crippen LogP contribution in [0.1, 0.15) is 68.4 Å². The van der Waals surface area contributed by atoms with E-state index in [4.69, 9.17) is 37.4 Å². The van der Waals surface area contributed by atoms with Crippen molar-refractivity contribution in [2.45, 2.75) is 77.9 Å². The van der Waals surface area contributed by atoms with Crippen LogP contribution in [0.5, 0.6) is 11.5 Å². The van der Waals surface area contributed by atoms with Gasteiger partial charge in [0.1, 0.15) is 30.3 Å². The van der Waals surface area contributed by atoms with Crippen molar-refractivity contribution < 1.29 is 23.8 Å². The third-order valence-corrected chi connectivity index (χ3v) is 10.2. The highest BCUT2D eigenvalue weighted by atomic mass is 35.5. The van der Waals surface area contributed by atoms with Gasteiger partial charge in [-0.3, -0.25) is 9.59 Å². The second kappa shape index (κ2) is 13.2. The fourth-order valence-electron chi connectivity index (χ4n) is 6.76. The summed E-state index contributed by atoms with van der Waals surface area (Å²) < 4.78 is 18.4. The molecule has 2 aliphatic heterocycles. The second-order valence-electron chi connectivity index (χ2n) is 13.0. The van der Waals surface area contributed by atoms with E-state index >= 15 is 0 Å². The molecular formula is C36H40Cl2N2O5. The molecule has 0 saturated heterocycles. The van der Waals surface area contributed by atoms with E-state index in [-0.39, 0.29) is 18.0 Å². The molecule has 3 aromatic carbocycles. The SMILES string of the molecule is CC(C)[C@@H]1CC[C@@H](C)C[C@H]1OC(=O)[C@@H]1Cc2cc3c(cc2CN1)O[C@@H](c1ccc(OCc2ccc(Cl)c(Cl)c2)cc1)C(=O)N3C. The van der Waals surface area contributed by atoms with E-state index in [9.17, 15) is 9.59 Å². The lowest BCUT2D eigenvalue weighted by atomic mass is 9.75. The lowest BCUT2D eigenvalue weighted by Crippen LogP contribution is -2.46. The molecule has 0 unspecified atom stereocenters. The number of hydrogen-bond acceptors (Lipinski definition) is 6. The van der Waals surface area contributed by atoms with Gasteiger partial charge in [-0.15, -0.1) is 0 Å². The number of halogens is 2. The van der Waals surface area contributed by atoms with E-state index in [2.05, 4.69) is 26.1 Å². The van der Waals surface area contributed by atoms with E-state index in [1.807, 2.05) is 42.5 Å². The number of hydrogen-bond donors (Lipinski definition) is 1. The Balaban J connectivity index is 1.12. The summed E-state index contributed by atoms with van der Waals surface area (Å²) in [6, 6.07) is 16.3. The number of amides is 1. The summed E-state index contributed by atoms with van der Waals surface area (Å²) >= 11 is 12.1. The lowest BCUT2D eigenvalue weighted by Gasteiger charge is -2.38. The largest absolute Gasteiger partial charge is 0.489 e. The molecule has 238 valence electrons. The summed E-state index contributed by atoms with van der Waals surface area (Å²) in [5, 5.41) is 4.37. The van der Waals surface area contributed by atoms with Crippen LogP contribution in [0.25, 0.3) is 0 Å². The van der Waals surface area contributed by atoms with Crippen molar-refractivity contribution in [2.75, 3.05) is 11.9 Å². The standard InChI is InChI=1S/C36H40Cl2N2O5/c1-20(2)27-11-5-21(3)13-32(27)45-36(42)30-15-24-16-31-33(17-25(24)18-39-30)44-34(35(41)40(31)4)23-7-9-26(10-8-23)43-19-22-6-12-28(37)29(38)14-22/h6-10,12,14,16-17,20-21,27,30,32,34,39H,5,11,13,15,18-19H2,1-4H3/t21-,27+,30+,32-,34+/m1/s1. The second-order valence-corrected chi connectivity index (χ2v) is 13.8. The minimum Gasteiger partial charge on any atom is -0.489 e. The van der Waals surface area contributed by atoms with E-state index in [1.165, 1.54) is 6.42 Å². The van der Waals surface area contributed by atoms with Gasteiger partial charge in [0, 0.05) is 19.2 Å². The number of nitrogens with zero attached hydrogens (tertiary/aromatic N) is 1. The normalized spacial score (nSPS) is 24.5. The molecular weight excluding hydrogens is 611 g/mol. The first kappa shape index (κ1) is 31.7. The molecule has 0 radical (unpaired) electrons. The zero-order valence-electron chi connectivity index (χ0n) is 26.1. The Labute approximate surface area is 275 Å². The van der Waals surface area contributed by atoms with Crippen molar-refractivity contribution in [3.8, 4) is 11.5 Å². The summed E-state index contributed by atoms with van der Waals surface area (Å²) in [4.78, 5) is 28.4. The van der Waals surface area contributed by atoms with Crippen LogP contribution in [0.2, 0.25) is 10.0 Å². The van der Waals surface area contributed by atoms with Crippen molar-refractivity contribution >= 4 is 40.8 Å². The number of benzene rings is 3. The molecule has 0 bridgehead atoms. The Hall–Kier alpha value is -3.26. The zero-order valence-corrected chi connectivity index (χ0v) is 27.7. The molecule has 2 heterocycles. The van der Waals surface area contributed by atoms with Crippen LogP contribution in [0.3, 0.4) is 0 Å². The molecule has 9 heteroatoms. The van der Waals surface area contributed by atoms with Crippen LogP contribution in [0, 0.1) is 17.8 Å². The number of likely N-dealkylation sites (N-methyl/N-ethyl adjacent to an activating group) is 1. The Morgan fingerprint density at radius 1 is 1.04 bits per heavy atom. The maximum atomic E-state index is 13.5. The third kappa shape index (κ3) is 6.81. The van der Waals surface area contributed by atoms with Crippen molar-refractivity contribution in [1.29, 1.82) is 0 Å². The minimum absolute atomic E-state index is 0.0368. The van der Waals surface area contributed by atoms with Crippen LogP contribution >= 0.6 is 23.2 Å². The predicted octanol–water partition coefficient (Wildman–Crippen LogP) is 7.69. The van der Waals surface area contributed by atoms with Gasteiger partial charge in [-0.05, 0) is 90.1 Å². The zero-order chi connectivity index (χ0) is 31.8. The molecule has 5 atom stereocenters. The maximum absolute atomic E-state index is 13.5. The molecule has 3 aliphatic rings. The average molecular weight is 652 g/mol. The fraction of sp³-hybridized carbons (Fsp3) is 0.444. The van der Waals surface area contributed by atoms with Gasteiger partial charge in [-0.1, -0.05) is 68.6 Å². The summed E-state index contributed by atoms with van der Waals surface area (Å²) in [5.41, 5.74) is 4.41. The van der Waals surface area contributed by atoms with Gasteiger partial charge in [-0.25, -0.2) is 0 Å². The molecule has 1 aliphatic carbocycles. The number of esters is 1. The highest BCUT2D eigenvalue weighted by Crippen LogP contribution is 2.42. The van der Waals surface area contributed by atoms with Crippen LogP contribution in [-0.2, 0) is 33.9 Å². The number of anilines is 1. The minimum atomic E-state index is -0.782. The van der Waals surface area contributed by atoms with Crippen LogP contribution in [0.15, 0.2) is 54.6 Å². The molecule has 45 heavy (non-hydrogen) atoms. The molecule has 7 nitrogen and oxygen atoms in total. The molecule has 0 aromatic heterocycles. The van der Waals surface area contributed by atoms with Gasteiger partial charge in [0.2, 0.25) is 6.10 Å². The highest BCUT2D eigenvalue weighted by molar-refractivity contribution is 6.42. The monoisotopic (exact) mass is 650 g/mol. The summed E-state index contributed by atoms with van der Waals surface area (Å²) in [7, 11) is 1.76. The maximum Gasteiger partial charge on any atom is 0.323 e. The number of fused-ring (bicyclic) bond motifs is 2. The molecule has 3 aromatic rings. The first-order valence-corrected chi connectivity index (χ1v) is 16.5. The lowest BCUT2D eigenvalue weighted by molar-refractivity contribution is -0.158. The van der Waals surface area contributed by atoms with Crippen LogP contribution in [-0.4, -0.2) is 31.1 Å². The van der Waals surface area contributed by atoms with E-state index in [1.54, 1.807) is 24.1 Å². The number of carbonyl (C=O) groups is 2. The van der Waals surface area contributed by atoms with Crippen LogP contribution < -0.4 is 19.7 Å². The molecule has 1 fully saturated rings. The van der Waals surface area contributed by atoms with Gasteiger partial charge in [-0.2, -0.15) is 0 Å². The Kier molecular flexibility index (Phi) is 9.32. The van der Waals surface area contributed by atoms with Crippen molar-refractivity contribution in [2.24, 2.45) is 17.8 Å².